The third-order valence-corrected chi connectivity index (χ3v) is 2.19. The fraction of sp³-hybridized carbons (Fsp3) is 0.333. The molecule has 0 aliphatic heterocycles. The minimum Gasteiger partial charge on any atom is -0.474 e. The average molecular weight is 256 g/mol. The summed E-state index contributed by atoms with van der Waals surface area (Å²) >= 11 is 3.35. The fourth-order valence-corrected chi connectivity index (χ4v) is 1.50. The van der Waals surface area contributed by atoms with Crippen molar-refractivity contribution >= 4 is 21.6 Å². The quantitative estimate of drug-likeness (QED) is 0.827. The van der Waals surface area contributed by atoms with Gasteiger partial charge in [-0.25, -0.2) is 9.50 Å². The lowest BCUT2D eigenvalue weighted by atomic mass is 10.5. The first-order valence-electron chi connectivity index (χ1n) is 4.34. The van der Waals surface area contributed by atoms with E-state index < -0.39 is 0 Å². The maximum absolute atomic E-state index is 5.47. The number of hydrogen-bond donors (Lipinski definition) is 0. The summed E-state index contributed by atoms with van der Waals surface area (Å²) < 4.78 is 7.98. The van der Waals surface area contributed by atoms with Gasteiger partial charge in [-0.1, -0.05) is 0 Å². The van der Waals surface area contributed by atoms with Crippen molar-refractivity contribution in [3.63, 3.8) is 0 Å². The molecule has 0 N–H and O–H groups in total. The van der Waals surface area contributed by atoms with Gasteiger partial charge in [0.25, 0.3) is 0 Å². The number of imidazole rings is 1. The Bertz CT molecular complexity index is 452. The highest BCUT2D eigenvalue weighted by molar-refractivity contribution is 9.10. The van der Waals surface area contributed by atoms with Crippen molar-refractivity contribution in [3.8, 4) is 5.88 Å². The lowest BCUT2D eigenvalue weighted by Crippen LogP contribution is -2.08. The van der Waals surface area contributed by atoms with Crippen LogP contribution >= 0.6 is 15.9 Å². The highest BCUT2D eigenvalue weighted by Gasteiger charge is 2.04. The first-order valence-corrected chi connectivity index (χ1v) is 5.13. The molecule has 0 saturated carbocycles. The van der Waals surface area contributed by atoms with Crippen LogP contribution in [0.25, 0.3) is 5.65 Å². The van der Waals surface area contributed by atoms with Crippen LogP contribution in [0.5, 0.6) is 5.88 Å². The molecule has 5 heteroatoms. The van der Waals surface area contributed by atoms with Crippen LogP contribution in [0.2, 0.25) is 0 Å². The predicted molar refractivity (Wildman–Crippen MR) is 56.5 cm³/mol. The third-order valence-electron chi connectivity index (χ3n) is 1.65. The summed E-state index contributed by atoms with van der Waals surface area (Å²) in [4.78, 5) is 4.14. The molecule has 0 saturated heterocycles. The monoisotopic (exact) mass is 255 g/mol. The van der Waals surface area contributed by atoms with Crippen LogP contribution in [0.4, 0.5) is 0 Å². The molecule has 0 fully saturated rings. The van der Waals surface area contributed by atoms with E-state index in [-0.39, 0.29) is 6.10 Å². The zero-order chi connectivity index (χ0) is 10.1. The number of rotatable bonds is 2. The van der Waals surface area contributed by atoms with Crippen LogP contribution in [0.1, 0.15) is 13.8 Å². The summed E-state index contributed by atoms with van der Waals surface area (Å²) in [5.41, 5.74) is 0.799. The topological polar surface area (TPSA) is 39.4 Å². The highest BCUT2D eigenvalue weighted by atomic mass is 79.9. The molecule has 0 atom stereocenters. The first kappa shape index (κ1) is 9.45. The van der Waals surface area contributed by atoms with Gasteiger partial charge in [0.15, 0.2) is 5.65 Å². The fourth-order valence-electron chi connectivity index (χ4n) is 1.13. The van der Waals surface area contributed by atoms with E-state index >= 15 is 0 Å². The molecule has 0 amide bonds. The molecule has 0 aliphatic rings. The van der Waals surface area contributed by atoms with Gasteiger partial charge in [0.1, 0.15) is 4.60 Å². The number of aromatic nitrogens is 3. The molecule has 14 heavy (non-hydrogen) atoms. The zero-order valence-corrected chi connectivity index (χ0v) is 9.52. The maximum atomic E-state index is 5.47. The van der Waals surface area contributed by atoms with E-state index in [0.29, 0.717) is 5.88 Å². The van der Waals surface area contributed by atoms with Crippen LogP contribution in [-0.2, 0) is 0 Å². The normalized spacial score (nSPS) is 11.1. The Morgan fingerprint density at radius 3 is 2.93 bits per heavy atom. The number of ether oxygens (including phenoxy) is 1. The molecule has 74 valence electrons. The van der Waals surface area contributed by atoms with Gasteiger partial charge in [-0.15, -0.1) is 5.10 Å². The molecule has 0 aromatic carbocycles. The number of halogens is 1. The second kappa shape index (κ2) is 3.57. The van der Waals surface area contributed by atoms with Gasteiger partial charge in [0, 0.05) is 6.07 Å². The molecule has 2 rings (SSSR count). The van der Waals surface area contributed by atoms with Crippen molar-refractivity contribution in [2.75, 3.05) is 0 Å². The minimum atomic E-state index is 0.127. The average Bonchev–Trinajstić information content (AvgIpc) is 2.47. The van der Waals surface area contributed by atoms with Gasteiger partial charge in [0.05, 0.1) is 12.3 Å². The second-order valence-electron chi connectivity index (χ2n) is 3.19. The van der Waals surface area contributed by atoms with Crippen molar-refractivity contribution in [2.24, 2.45) is 0 Å². The van der Waals surface area contributed by atoms with Crippen LogP contribution in [0.15, 0.2) is 22.9 Å². The Kier molecular flexibility index (Phi) is 2.41. The molecule has 2 heterocycles. The van der Waals surface area contributed by atoms with E-state index in [9.17, 15) is 0 Å². The van der Waals surface area contributed by atoms with Gasteiger partial charge >= 0.3 is 0 Å². The van der Waals surface area contributed by atoms with Gasteiger partial charge in [-0.3, -0.25) is 0 Å². The lowest BCUT2D eigenvalue weighted by molar-refractivity contribution is 0.229. The predicted octanol–water partition coefficient (Wildman–Crippen LogP) is 2.28. The Hall–Kier alpha value is -1.10. The van der Waals surface area contributed by atoms with Crippen molar-refractivity contribution in [1.29, 1.82) is 0 Å². The molecule has 0 aliphatic carbocycles. The Morgan fingerprint density at radius 1 is 1.43 bits per heavy atom. The lowest BCUT2D eigenvalue weighted by Gasteiger charge is -2.07. The number of nitrogens with zero attached hydrogens (tertiary/aromatic N) is 3. The Morgan fingerprint density at radius 2 is 2.21 bits per heavy atom. The maximum Gasteiger partial charge on any atom is 0.232 e. The number of fused-ring (bicyclic) bond motifs is 1. The van der Waals surface area contributed by atoms with Crippen LogP contribution in [0, 0.1) is 0 Å². The summed E-state index contributed by atoms with van der Waals surface area (Å²) in [6.45, 7) is 3.93. The Labute approximate surface area is 90.0 Å². The first-order chi connectivity index (χ1) is 6.66. The smallest absolute Gasteiger partial charge is 0.232 e. The van der Waals surface area contributed by atoms with Gasteiger partial charge in [-0.2, -0.15) is 0 Å². The standard InChI is InChI=1S/C9H10BrN3O/c1-6(2)14-9-4-3-8-11-5-7(10)13(8)12-9/h3-6H,1-2H3. The van der Waals surface area contributed by atoms with E-state index in [4.69, 9.17) is 4.74 Å². The molecule has 0 unspecified atom stereocenters. The molecule has 2 aromatic heterocycles. The molecular weight excluding hydrogens is 246 g/mol. The van der Waals surface area contributed by atoms with Gasteiger partial charge < -0.3 is 4.74 Å². The minimum absolute atomic E-state index is 0.127. The molecule has 0 radical (unpaired) electrons. The van der Waals surface area contributed by atoms with Gasteiger partial charge in [0.2, 0.25) is 5.88 Å². The summed E-state index contributed by atoms with van der Waals surface area (Å²) in [5, 5.41) is 4.26. The van der Waals surface area contributed by atoms with Crippen molar-refractivity contribution in [1.82, 2.24) is 14.6 Å². The number of hydrogen-bond acceptors (Lipinski definition) is 3. The van der Waals surface area contributed by atoms with E-state index in [0.717, 1.165) is 10.3 Å². The molecule has 0 spiro atoms. The SMILES string of the molecule is CC(C)Oc1ccc2ncc(Br)n2n1. The van der Waals surface area contributed by atoms with Crippen molar-refractivity contribution in [3.05, 3.63) is 22.9 Å². The summed E-state index contributed by atoms with van der Waals surface area (Å²) in [6.07, 6.45) is 1.84. The second-order valence-corrected chi connectivity index (χ2v) is 4.00. The zero-order valence-electron chi connectivity index (χ0n) is 7.94. The van der Waals surface area contributed by atoms with Crippen molar-refractivity contribution in [2.45, 2.75) is 20.0 Å². The largest absolute Gasteiger partial charge is 0.474 e. The van der Waals surface area contributed by atoms with Crippen LogP contribution < -0.4 is 4.74 Å². The third kappa shape index (κ3) is 1.72. The van der Waals surface area contributed by atoms with Gasteiger partial charge in [-0.05, 0) is 35.8 Å². The van der Waals surface area contributed by atoms with E-state index in [2.05, 4.69) is 26.0 Å². The molecule has 0 bridgehead atoms. The van der Waals surface area contributed by atoms with E-state index in [1.165, 1.54) is 0 Å². The van der Waals surface area contributed by atoms with Crippen LogP contribution in [0.3, 0.4) is 0 Å². The Balaban J connectivity index is 2.44. The van der Waals surface area contributed by atoms with E-state index in [1.54, 1.807) is 10.7 Å². The molecular formula is C9H10BrN3O. The highest BCUT2D eigenvalue weighted by Crippen LogP contribution is 2.15. The summed E-state index contributed by atoms with van der Waals surface area (Å²) in [6, 6.07) is 3.68. The van der Waals surface area contributed by atoms with Crippen LogP contribution in [-0.4, -0.2) is 20.7 Å². The summed E-state index contributed by atoms with van der Waals surface area (Å²) in [5.74, 6) is 0.603. The molecule has 4 nitrogen and oxygen atoms in total. The molecule has 2 aromatic rings. The summed E-state index contributed by atoms with van der Waals surface area (Å²) in [7, 11) is 0. The van der Waals surface area contributed by atoms with Crippen molar-refractivity contribution < 1.29 is 4.74 Å². The van der Waals surface area contributed by atoms with E-state index in [1.807, 2.05) is 26.0 Å².